The SMILES string of the molecule is C.C.C=CC1C[C@]1(NC(=O)OC(C)(C)C)C(=O)OCC.C=CC1C[C@]1(NC(=O)[C@@H]1C[C@@H](CC(C)C)CN1C(=O)OC(C)(C)C)C(=O)OCC.C=CCCCCC[C@H](NC(=O)OC(C)(C)C)C(=O)N1C[C@H](CC(C)C)C[C@H]1C(=O)N[C@]1(C(=O)OCC)C[C@H]1C=C.C=CCCCCC[C@H](NC(=O)OC(C)(C)C)C(=O)O.CC(C)C[C@@H]1C[C@@H](C(=O)O)N(C(=O)OC(C)(C)C)C1. The Kier molecular flexibility index (Phi) is 49.2. The second-order valence-corrected chi connectivity index (χ2v) is 39.7. The molecule has 3 aliphatic carbocycles. The number of amides is 8. The minimum absolute atomic E-state index is 0. The molecule has 2 unspecified atom stereocenters. The molecule has 6 fully saturated rings. The quantitative estimate of drug-likeness (QED) is 0.0131. The predicted octanol–water partition coefficient (Wildman–Crippen LogP) is 17.3. The summed E-state index contributed by atoms with van der Waals surface area (Å²) in [5.74, 6) is -2.88. The Morgan fingerprint density at radius 1 is 0.402 bits per heavy atom. The van der Waals surface area contributed by atoms with E-state index in [1.807, 2.05) is 12.2 Å². The topological polar surface area (TPSA) is 406 Å². The van der Waals surface area contributed by atoms with E-state index in [9.17, 15) is 67.4 Å². The van der Waals surface area contributed by atoms with Gasteiger partial charge >= 0.3 is 60.3 Å². The molecule has 0 bridgehead atoms. The van der Waals surface area contributed by atoms with Gasteiger partial charge in [0.15, 0.2) is 0 Å². The molecular formula is C96H166N8O23. The van der Waals surface area contributed by atoms with Gasteiger partial charge in [-0.3, -0.25) is 24.2 Å². The van der Waals surface area contributed by atoms with Crippen LogP contribution in [0.4, 0.5) is 24.0 Å². The summed E-state index contributed by atoms with van der Waals surface area (Å²) in [6.07, 6.45) is 19.2. The monoisotopic (exact) mass is 1800 g/mol. The largest absolute Gasteiger partial charge is 0.480 e. The van der Waals surface area contributed by atoms with Gasteiger partial charge in [0.2, 0.25) is 17.7 Å². The lowest BCUT2D eigenvalue weighted by atomic mass is 9.94. The number of hydrogen-bond acceptors (Lipinski definition) is 21. The molecule has 3 saturated heterocycles. The molecule has 14 atom stereocenters. The molecule has 31 nitrogen and oxygen atoms in total. The average molecular weight is 1800 g/mol. The van der Waals surface area contributed by atoms with E-state index in [0.717, 1.165) is 70.6 Å². The molecule has 0 aromatic heterocycles. The Hall–Kier alpha value is -9.19. The summed E-state index contributed by atoms with van der Waals surface area (Å²) in [7, 11) is 0. The van der Waals surface area contributed by atoms with Crippen molar-refractivity contribution in [3.63, 3.8) is 0 Å². The molecule has 8 amide bonds. The number of alkyl carbamates (subject to hydrolysis) is 3. The summed E-state index contributed by atoms with van der Waals surface area (Å²) in [5.41, 5.74) is -6.38. The van der Waals surface area contributed by atoms with E-state index >= 15 is 0 Å². The minimum Gasteiger partial charge on any atom is -0.480 e. The van der Waals surface area contributed by atoms with E-state index in [1.165, 1.54) is 9.80 Å². The van der Waals surface area contributed by atoms with Crippen molar-refractivity contribution >= 4 is 78.0 Å². The van der Waals surface area contributed by atoms with Crippen LogP contribution in [0.2, 0.25) is 0 Å². The van der Waals surface area contributed by atoms with Gasteiger partial charge in [-0.2, -0.15) is 0 Å². The lowest BCUT2D eigenvalue weighted by Crippen LogP contribution is -2.56. The Balaban J connectivity index is 0.00000162. The van der Waals surface area contributed by atoms with Crippen molar-refractivity contribution in [1.82, 2.24) is 41.3 Å². The fourth-order valence-electron chi connectivity index (χ4n) is 15.4. The molecule has 127 heavy (non-hydrogen) atoms. The van der Waals surface area contributed by atoms with Gasteiger partial charge in [-0.05, 0) is 256 Å². The Morgan fingerprint density at radius 3 is 0.984 bits per heavy atom. The molecule has 31 heteroatoms. The van der Waals surface area contributed by atoms with Crippen LogP contribution in [0, 0.1) is 53.3 Å². The molecule has 0 aromatic carbocycles. The van der Waals surface area contributed by atoms with Crippen LogP contribution in [0.3, 0.4) is 0 Å². The number of carboxylic acid groups (broad SMARTS) is 2. The molecule has 6 aliphatic rings. The van der Waals surface area contributed by atoms with Gasteiger partial charge in [-0.15, -0.1) is 32.9 Å². The van der Waals surface area contributed by atoms with E-state index in [2.05, 4.69) is 101 Å². The number of hydrogen-bond donors (Lipinski definition) is 7. The smallest absolute Gasteiger partial charge is 0.411 e. The van der Waals surface area contributed by atoms with Gasteiger partial charge < -0.3 is 79.6 Å². The third-order valence-electron chi connectivity index (χ3n) is 21.0. The number of carbonyl (C=O) groups excluding carboxylic acids is 11. The van der Waals surface area contributed by atoms with E-state index in [-0.39, 0.29) is 87.9 Å². The van der Waals surface area contributed by atoms with Crippen molar-refractivity contribution in [2.45, 2.75) is 378 Å². The van der Waals surface area contributed by atoms with Gasteiger partial charge in [0.1, 0.15) is 74.8 Å². The standard InChI is InChI=1S/C31H51N3O6.C22H36N2O5.2C14H25NO4.C13H21NO4.2CH4/c1-9-12-13-14-15-16-24(32-29(38)40-30(6,7)8)27(36)34-20-22(17-21(4)5)18-25(34)26(35)33-31(19-23(31)10-2)28(37)39-11-3;1-8-16-12-22(16,19(26)28-9-2)23-18(25)17-11-15(10-14(3)4)13-24(17)20(27)29-21(5,6)7;1-9(2)6-10-7-11(12(16)17)15(8-10)13(18)19-14(3,4)5;1-5-6-7-8-9-10-11(12(16)17)15-13(18)19-14(2,3)4;1-6-9-8-13(9,10(15)17-7-2)14-11(16)18-12(3,4)5;;/h9-10,21-25H,1-2,11-20H2,3-8H3,(H,32,38)(H,33,35);8,14-17H,1,9-13H2,2-7H3,(H,23,25);9-11H,6-8H2,1-5H3,(H,16,17);5,11H,1,6-10H2,2-4H3,(H,15,18)(H,16,17);6,9H,1,7-8H2,2-5H3,(H,14,16);2*1H4/t22-,23-,24+,25+,31-;15-,16?,17+,22-;10-,11+;11-;9?,13-;;/m11101../s1. The number of esters is 3. The number of allylic oxidation sites excluding steroid dienone is 2. The van der Waals surface area contributed by atoms with Crippen LogP contribution < -0.4 is 26.6 Å². The summed E-state index contributed by atoms with van der Waals surface area (Å²) in [6, 6.07) is -3.88. The van der Waals surface area contributed by atoms with Gasteiger partial charge in [0.05, 0.1) is 19.8 Å². The van der Waals surface area contributed by atoms with Gasteiger partial charge in [0, 0.05) is 37.4 Å². The molecular weight excluding hydrogens is 1630 g/mol. The molecule has 728 valence electrons. The first-order valence-corrected chi connectivity index (χ1v) is 44.8. The molecule has 0 aromatic rings. The number of rotatable bonds is 37. The van der Waals surface area contributed by atoms with Crippen molar-refractivity contribution in [2.75, 3.05) is 39.5 Å². The first kappa shape index (κ1) is 118. The fraction of sp³-hybridized carbons (Fsp3) is 0.760. The normalized spacial score (nSPS) is 23.5. The van der Waals surface area contributed by atoms with Crippen molar-refractivity contribution in [2.24, 2.45) is 53.3 Å². The van der Waals surface area contributed by atoms with Gasteiger partial charge in [0.25, 0.3) is 0 Å². The van der Waals surface area contributed by atoms with Crippen LogP contribution in [0.25, 0.3) is 0 Å². The number of unbranched alkanes of at least 4 members (excludes halogenated alkanes) is 6. The number of nitrogens with zero attached hydrogens (tertiary/aromatic N) is 3. The minimum atomic E-state index is -1.14. The number of carboxylic acids is 2. The first-order chi connectivity index (χ1) is 57.8. The van der Waals surface area contributed by atoms with E-state index in [1.54, 1.807) is 148 Å². The second-order valence-electron chi connectivity index (χ2n) is 39.7. The summed E-state index contributed by atoms with van der Waals surface area (Å²) < 4.78 is 41.8. The molecule has 3 saturated carbocycles. The van der Waals surface area contributed by atoms with Crippen LogP contribution >= 0.6 is 0 Å². The third kappa shape index (κ3) is 41.4. The maximum absolute atomic E-state index is 14.0. The number of nitrogens with one attached hydrogen (secondary N) is 5. The fourth-order valence-corrected chi connectivity index (χ4v) is 15.4. The lowest BCUT2D eigenvalue weighted by Gasteiger charge is -2.30. The highest BCUT2D eigenvalue weighted by molar-refractivity contribution is 5.97. The zero-order valence-electron chi connectivity index (χ0n) is 80.0. The first-order valence-electron chi connectivity index (χ1n) is 44.8. The van der Waals surface area contributed by atoms with Crippen molar-refractivity contribution < 1.29 is 110 Å². The van der Waals surface area contributed by atoms with Crippen molar-refractivity contribution in [3.8, 4) is 0 Å². The summed E-state index contributed by atoms with van der Waals surface area (Å²) in [4.78, 5) is 165. The molecule has 0 spiro atoms. The zero-order valence-corrected chi connectivity index (χ0v) is 80.0. The van der Waals surface area contributed by atoms with Crippen LogP contribution in [0.1, 0.15) is 303 Å². The number of carbonyl (C=O) groups is 13. The van der Waals surface area contributed by atoms with E-state index < -0.39 is 135 Å². The Labute approximate surface area is 760 Å². The van der Waals surface area contributed by atoms with Crippen molar-refractivity contribution in [1.29, 1.82) is 0 Å². The zero-order chi connectivity index (χ0) is 95.7. The Bertz CT molecular complexity index is 3620. The molecule has 3 aliphatic heterocycles. The molecule has 7 N–H and O–H groups in total. The van der Waals surface area contributed by atoms with Crippen LogP contribution in [-0.2, 0) is 76.3 Å². The highest BCUT2D eigenvalue weighted by Crippen LogP contribution is 2.48. The highest BCUT2D eigenvalue weighted by atomic mass is 16.6. The third-order valence-corrected chi connectivity index (χ3v) is 21.0. The van der Waals surface area contributed by atoms with Crippen LogP contribution in [-0.4, -0.2) is 217 Å². The predicted molar refractivity (Wildman–Crippen MR) is 492 cm³/mol. The van der Waals surface area contributed by atoms with Gasteiger partial charge in [-0.1, -0.05) is 112 Å². The molecule has 3 heterocycles. The molecule has 0 radical (unpaired) electrons. The van der Waals surface area contributed by atoms with E-state index in [0.29, 0.717) is 88.8 Å². The van der Waals surface area contributed by atoms with Crippen LogP contribution in [0.15, 0.2) is 63.3 Å². The Morgan fingerprint density at radius 2 is 0.693 bits per heavy atom. The van der Waals surface area contributed by atoms with Gasteiger partial charge in [-0.25, -0.2) is 47.9 Å². The number of ether oxygens (including phenoxy) is 8. The summed E-state index contributed by atoms with van der Waals surface area (Å²) in [6.45, 7) is 65.1. The second kappa shape index (κ2) is 53.1. The highest BCUT2D eigenvalue weighted by Gasteiger charge is 2.64. The number of likely N-dealkylation sites (tertiary alicyclic amines) is 3. The number of aliphatic carboxylic acids is 2. The maximum Gasteiger partial charge on any atom is 0.411 e. The van der Waals surface area contributed by atoms with E-state index in [4.69, 9.17) is 43.0 Å². The van der Waals surface area contributed by atoms with Crippen LogP contribution in [0.5, 0.6) is 0 Å². The summed E-state index contributed by atoms with van der Waals surface area (Å²) >= 11 is 0. The summed E-state index contributed by atoms with van der Waals surface area (Å²) in [5, 5.41) is 31.8. The average Bonchev–Trinajstić information content (AvgIpc) is 1.59. The maximum atomic E-state index is 14.0. The van der Waals surface area contributed by atoms with Crippen molar-refractivity contribution in [3.05, 3.63) is 63.3 Å². The molecule has 6 rings (SSSR count). The lowest BCUT2D eigenvalue weighted by molar-refractivity contribution is -0.150.